The zero-order valence-electron chi connectivity index (χ0n) is 19.5. The van der Waals surface area contributed by atoms with Crippen LogP contribution in [0.4, 0.5) is 17.1 Å². The minimum absolute atomic E-state index is 0.901. The van der Waals surface area contributed by atoms with Crippen molar-refractivity contribution in [2.24, 2.45) is 0 Å². The van der Waals surface area contributed by atoms with Crippen LogP contribution in [0.3, 0.4) is 0 Å². The second-order valence-electron chi connectivity index (χ2n) is 9.02. The zero-order valence-corrected chi connectivity index (χ0v) is 19.5. The first-order chi connectivity index (χ1) is 15.6. The Bertz CT molecular complexity index is 1280. The average Bonchev–Trinajstić information content (AvgIpc) is 2.78. The van der Waals surface area contributed by atoms with Crippen LogP contribution in [-0.2, 0) is 6.42 Å². The van der Waals surface area contributed by atoms with Crippen LogP contribution in [0.5, 0.6) is 11.5 Å². The summed E-state index contributed by atoms with van der Waals surface area (Å²) in [6, 6.07) is 24.0. The molecule has 32 heavy (non-hydrogen) atoms. The van der Waals surface area contributed by atoms with Crippen molar-refractivity contribution in [2.45, 2.75) is 53.4 Å². The number of fused-ring (bicyclic) bond motifs is 4. The Hall–Kier alpha value is -3.26. The predicted molar refractivity (Wildman–Crippen MR) is 136 cm³/mol. The molecule has 0 atom stereocenters. The summed E-state index contributed by atoms with van der Waals surface area (Å²) in [5.41, 5.74) is 8.83. The van der Waals surface area contributed by atoms with Crippen LogP contribution in [0, 0.1) is 20.8 Å². The summed E-state index contributed by atoms with van der Waals surface area (Å²) in [7, 11) is 0. The van der Waals surface area contributed by atoms with Crippen LogP contribution in [-0.4, -0.2) is 0 Å². The second-order valence-corrected chi connectivity index (χ2v) is 9.02. The summed E-state index contributed by atoms with van der Waals surface area (Å²) >= 11 is 0. The summed E-state index contributed by atoms with van der Waals surface area (Å²) in [5, 5.41) is 2.49. The molecule has 5 rings (SSSR count). The molecule has 4 aromatic carbocycles. The molecule has 0 radical (unpaired) electrons. The molecule has 1 aliphatic heterocycles. The van der Waals surface area contributed by atoms with Gasteiger partial charge in [0.15, 0.2) is 11.5 Å². The molecule has 0 aliphatic carbocycles. The Labute approximate surface area is 191 Å². The Balaban J connectivity index is 1.74. The molecule has 0 amide bonds. The van der Waals surface area contributed by atoms with Crippen LogP contribution in [0.2, 0.25) is 0 Å². The molecule has 0 spiro atoms. The Morgan fingerprint density at radius 1 is 0.688 bits per heavy atom. The van der Waals surface area contributed by atoms with E-state index in [0.717, 1.165) is 29.3 Å². The van der Waals surface area contributed by atoms with Crippen molar-refractivity contribution in [3.05, 3.63) is 89.0 Å². The fourth-order valence-electron chi connectivity index (χ4n) is 5.11. The largest absolute Gasteiger partial charge is 0.453 e. The SMILES string of the molecule is CCCCCc1cc(C)c(N2c3ccccc3Oc3ccc4c(C)cccc4c32)c(C)c1. The maximum Gasteiger partial charge on any atom is 0.152 e. The van der Waals surface area contributed by atoms with Gasteiger partial charge < -0.3 is 9.64 Å². The maximum absolute atomic E-state index is 6.40. The normalized spacial score (nSPS) is 12.4. The van der Waals surface area contributed by atoms with Crippen LogP contribution in [0.1, 0.15) is 48.4 Å². The van der Waals surface area contributed by atoms with Crippen molar-refractivity contribution in [1.82, 2.24) is 0 Å². The first kappa shape index (κ1) is 20.6. The third-order valence-corrected chi connectivity index (χ3v) is 6.61. The standard InChI is InChI=1S/C30H31NO/c1-5-6-7-12-23-18-21(3)29(22(4)19-23)31-26-14-8-9-15-27(26)32-28-17-16-24-20(2)11-10-13-25(24)30(28)31/h8-11,13-19H,5-7,12H2,1-4H3. The Morgan fingerprint density at radius 2 is 1.47 bits per heavy atom. The number of para-hydroxylation sites is 2. The molecule has 2 nitrogen and oxygen atoms in total. The molecule has 162 valence electrons. The summed E-state index contributed by atoms with van der Waals surface area (Å²) in [4.78, 5) is 2.43. The van der Waals surface area contributed by atoms with Crippen molar-refractivity contribution < 1.29 is 4.74 Å². The van der Waals surface area contributed by atoms with E-state index in [1.807, 2.05) is 6.07 Å². The second kappa shape index (κ2) is 8.35. The smallest absolute Gasteiger partial charge is 0.152 e. The number of rotatable bonds is 5. The molecule has 0 N–H and O–H groups in total. The van der Waals surface area contributed by atoms with Crippen molar-refractivity contribution in [1.29, 1.82) is 0 Å². The molecule has 1 aliphatic rings. The van der Waals surface area contributed by atoms with Gasteiger partial charge in [-0.05, 0) is 79.5 Å². The van der Waals surface area contributed by atoms with Crippen LogP contribution in [0.15, 0.2) is 66.7 Å². The molecular weight excluding hydrogens is 390 g/mol. The van der Waals surface area contributed by atoms with Gasteiger partial charge in [-0.1, -0.05) is 68.3 Å². The van der Waals surface area contributed by atoms with Gasteiger partial charge in [-0.3, -0.25) is 0 Å². The maximum atomic E-state index is 6.40. The molecule has 1 heterocycles. The van der Waals surface area contributed by atoms with Gasteiger partial charge in [0.25, 0.3) is 0 Å². The van der Waals surface area contributed by atoms with Crippen LogP contribution in [0.25, 0.3) is 10.8 Å². The van der Waals surface area contributed by atoms with Gasteiger partial charge in [-0.25, -0.2) is 0 Å². The quantitative estimate of drug-likeness (QED) is 0.262. The molecule has 0 saturated carbocycles. The van der Waals surface area contributed by atoms with Gasteiger partial charge in [0, 0.05) is 5.39 Å². The lowest BCUT2D eigenvalue weighted by atomic mass is 9.96. The number of hydrogen-bond donors (Lipinski definition) is 0. The third kappa shape index (κ3) is 3.44. The van der Waals surface area contributed by atoms with Crippen LogP contribution < -0.4 is 9.64 Å². The highest BCUT2D eigenvalue weighted by Crippen LogP contribution is 2.54. The summed E-state index contributed by atoms with van der Waals surface area (Å²) in [5.74, 6) is 1.81. The highest BCUT2D eigenvalue weighted by atomic mass is 16.5. The Morgan fingerprint density at radius 3 is 2.25 bits per heavy atom. The van der Waals surface area contributed by atoms with Crippen molar-refractivity contribution >= 4 is 27.8 Å². The summed E-state index contributed by atoms with van der Waals surface area (Å²) in [6.45, 7) is 8.94. The van der Waals surface area contributed by atoms with E-state index in [9.17, 15) is 0 Å². The number of anilines is 3. The molecule has 0 unspecified atom stereocenters. The molecule has 4 aromatic rings. The summed E-state index contributed by atoms with van der Waals surface area (Å²) < 4.78 is 6.40. The highest BCUT2D eigenvalue weighted by molar-refractivity contribution is 6.05. The first-order valence-corrected chi connectivity index (χ1v) is 11.8. The molecular formula is C30H31NO. The van der Waals surface area contributed by atoms with E-state index >= 15 is 0 Å². The average molecular weight is 422 g/mol. The molecule has 0 fully saturated rings. The number of ether oxygens (including phenoxy) is 1. The van der Waals surface area contributed by atoms with E-state index in [0.29, 0.717) is 0 Å². The van der Waals surface area contributed by atoms with Gasteiger partial charge >= 0.3 is 0 Å². The zero-order chi connectivity index (χ0) is 22.2. The van der Waals surface area contributed by atoms with Crippen molar-refractivity contribution in [2.75, 3.05) is 4.90 Å². The molecule has 0 saturated heterocycles. The van der Waals surface area contributed by atoms with Crippen molar-refractivity contribution in [3.8, 4) is 11.5 Å². The van der Waals surface area contributed by atoms with Gasteiger partial charge in [0.1, 0.15) is 0 Å². The third-order valence-electron chi connectivity index (χ3n) is 6.61. The Kier molecular flexibility index (Phi) is 5.38. The highest BCUT2D eigenvalue weighted by Gasteiger charge is 2.29. The monoisotopic (exact) mass is 421 g/mol. The first-order valence-electron chi connectivity index (χ1n) is 11.8. The van der Waals surface area contributed by atoms with Gasteiger partial charge in [-0.15, -0.1) is 0 Å². The number of benzene rings is 4. The molecule has 0 bridgehead atoms. The van der Waals surface area contributed by atoms with Gasteiger partial charge in [0.2, 0.25) is 0 Å². The summed E-state index contributed by atoms with van der Waals surface area (Å²) in [6.07, 6.45) is 4.94. The van der Waals surface area contributed by atoms with Gasteiger partial charge in [-0.2, -0.15) is 0 Å². The lowest BCUT2D eigenvalue weighted by Crippen LogP contribution is -2.18. The predicted octanol–water partition coefficient (Wildman–Crippen LogP) is 9.07. The van der Waals surface area contributed by atoms with E-state index < -0.39 is 0 Å². The molecule has 2 heteroatoms. The van der Waals surface area contributed by atoms with E-state index in [1.165, 1.54) is 58.0 Å². The number of aryl methyl sites for hydroxylation is 4. The van der Waals surface area contributed by atoms with Crippen LogP contribution >= 0.6 is 0 Å². The molecule has 0 aromatic heterocycles. The fourth-order valence-corrected chi connectivity index (χ4v) is 5.11. The number of unbranched alkanes of at least 4 members (excludes halogenated alkanes) is 2. The van der Waals surface area contributed by atoms with Crippen molar-refractivity contribution in [3.63, 3.8) is 0 Å². The number of hydrogen-bond acceptors (Lipinski definition) is 2. The minimum atomic E-state index is 0.901. The lowest BCUT2D eigenvalue weighted by molar-refractivity contribution is 0.478. The van der Waals surface area contributed by atoms with Gasteiger partial charge in [0.05, 0.1) is 17.1 Å². The van der Waals surface area contributed by atoms with E-state index in [-0.39, 0.29) is 0 Å². The van der Waals surface area contributed by atoms with E-state index in [2.05, 4.69) is 93.3 Å². The van der Waals surface area contributed by atoms with E-state index in [1.54, 1.807) is 0 Å². The fraction of sp³-hybridized carbons (Fsp3) is 0.267. The number of nitrogens with zero attached hydrogens (tertiary/aromatic N) is 1. The topological polar surface area (TPSA) is 12.5 Å². The lowest BCUT2D eigenvalue weighted by Gasteiger charge is -2.36. The van der Waals surface area contributed by atoms with E-state index in [4.69, 9.17) is 4.74 Å². The minimum Gasteiger partial charge on any atom is -0.453 e.